The smallest absolute Gasteiger partial charge is 0.175 e. The van der Waals surface area contributed by atoms with Crippen molar-refractivity contribution in [1.29, 1.82) is 0 Å². The van der Waals surface area contributed by atoms with Crippen LogP contribution in [-0.2, 0) is 14.6 Å². The van der Waals surface area contributed by atoms with Gasteiger partial charge in [0.05, 0.1) is 46.2 Å². The number of ether oxygens (including phenoxy) is 1. The highest BCUT2D eigenvalue weighted by atomic mass is 32.2. The molecule has 0 atom stereocenters. The fraction of sp³-hybridized carbons (Fsp3) is 0.250. The molecule has 1 aliphatic rings. The molecule has 1 fully saturated rings. The lowest BCUT2D eigenvalue weighted by atomic mass is 10.1. The molecule has 0 spiro atoms. The van der Waals surface area contributed by atoms with E-state index in [1.807, 2.05) is 13.0 Å². The number of aryl methyl sites for hydroxylation is 1. The normalized spacial score (nSPS) is 14.7. The van der Waals surface area contributed by atoms with Gasteiger partial charge < -0.3 is 9.64 Å². The minimum Gasteiger partial charge on any atom is -0.378 e. The van der Waals surface area contributed by atoms with Crippen LogP contribution in [0.2, 0.25) is 0 Å². The molecule has 5 aromatic rings. The molecule has 5 heterocycles. The van der Waals surface area contributed by atoms with Crippen LogP contribution in [0, 0.1) is 6.92 Å². The van der Waals surface area contributed by atoms with Crippen LogP contribution in [0.3, 0.4) is 0 Å². The average molecular weight is 507 g/mol. The Morgan fingerprint density at radius 3 is 2.74 bits per heavy atom. The standard InChI is InChI=1S/C24H22N6O3S2/c1-14-20-22(34-21(14)15-4-3-5-16(10-15)35(2,31)32)24(30-6-8-33-9-7-30)28-23(27-20)18-11-25-13-19-17(18)12-26-29-19/h3-5,10-13H,6-9H2,1-2H3,(H,26,29). The lowest BCUT2D eigenvalue weighted by molar-refractivity contribution is 0.122. The number of aromatic amines is 1. The Balaban J connectivity index is 1.60. The molecule has 1 saturated heterocycles. The first-order valence-electron chi connectivity index (χ1n) is 11.1. The van der Waals surface area contributed by atoms with E-state index in [4.69, 9.17) is 14.7 Å². The number of sulfone groups is 1. The van der Waals surface area contributed by atoms with Crippen molar-refractivity contribution >= 4 is 48.1 Å². The van der Waals surface area contributed by atoms with E-state index in [1.165, 1.54) is 6.26 Å². The van der Waals surface area contributed by atoms with Crippen LogP contribution < -0.4 is 4.90 Å². The Kier molecular flexibility index (Phi) is 5.28. The number of aromatic nitrogens is 5. The Hall–Kier alpha value is -3.41. The average Bonchev–Trinajstić information content (AvgIpc) is 3.48. The number of thiophene rings is 1. The van der Waals surface area contributed by atoms with Crippen molar-refractivity contribution in [3.05, 3.63) is 48.4 Å². The predicted molar refractivity (Wildman–Crippen MR) is 137 cm³/mol. The Bertz CT molecular complexity index is 1690. The summed E-state index contributed by atoms with van der Waals surface area (Å²) in [6.45, 7) is 4.75. The predicted octanol–water partition coefficient (Wildman–Crippen LogP) is 3.85. The fourth-order valence-electron chi connectivity index (χ4n) is 4.37. The molecule has 0 radical (unpaired) electrons. The number of anilines is 1. The molecule has 1 aromatic carbocycles. The summed E-state index contributed by atoms with van der Waals surface area (Å²) >= 11 is 1.59. The maximum absolute atomic E-state index is 12.2. The minimum absolute atomic E-state index is 0.296. The highest BCUT2D eigenvalue weighted by molar-refractivity contribution is 7.90. The molecular weight excluding hydrogens is 484 g/mol. The number of hydrogen-bond acceptors (Lipinski definition) is 9. The van der Waals surface area contributed by atoms with E-state index in [9.17, 15) is 8.42 Å². The molecule has 1 aliphatic heterocycles. The Labute approximate surface area is 205 Å². The summed E-state index contributed by atoms with van der Waals surface area (Å²) in [7, 11) is -3.32. The number of rotatable bonds is 4. The molecule has 0 aliphatic carbocycles. The van der Waals surface area contributed by atoms with Gasteiger partial charge in [-0.15, -0.1) is 11.3 Å². The molecule has 178 valence electrons. The molecule has 6 rings (SSSR count). The van der Waals surface area contributed by atoms with E-state index in [0.717, 1.165) is 61.6 Å². The van der Waals surface area contributed by atoms with E-state index in [1.54, 1.807) is 48.1 Å². The van der Waals surface area contributed by atoms with Crippen molar-refractivity contribution in [2.45, 2.75) is 11.8 Å². The maximum atomic E-state index is 12.2. The number of H-pyrrole nitrogens is 1. The number of hydrogen-bond donors (Lipinski definition) is 1. The van der Waals surface area contributed by atoms with Crippen LogP contribution in [0.15, 0.2) is 47.8 Å². The fourth-order valence-corrected chi connectivity index (χ4v) is 6.30. The zero-order valence-corrected chi connectivity index (χ0v) is 20.8. The molecule has 0 bridgehead atoms. The van der Waals surface area contributed by atoms with E-state index in [0.29, 0.717) is 23.9 Å². The third kappa shape index (κ3) is 3.85. The lowest BCUT2D eigenvalue weighted by Crippen LogP contribution is -2.36. The number of pyridine rings is 1. The molecule has 9 nitrogen and oxygen atoms in total. The summed E-state index contributed by atoms with van der Waals surface area (Å²) in [4.78, 5) is 17.9. The van der Waals surface area contributed by atoms with E-state index in [-0.39, 0.29) is 0 Å². The quantitative estimate of drug-likeness (QED) is 0.391. The second-order valence-corrected chi connectivity index (χ2v) is 11.6. The monoisotopic (exact) mass is 506 g/mol. The first kappa shape index (κ1) is 22.1. The number of nitrogens with one attached hydrogen (secondary N) is 1. The maximum Gasteiger partial charge on any atom is 0.175 e. The van der Waals surface area contributed by atoms with Crippen molar-refractivity contribution in [3.63, 3.8) is 0 Å². The van der Waals surface area contributed by atoms with Gasteiger partial charge in [-0.1, -0.05) is 12.1 Å². The largest absolute Gasteiger partial charge is 0.378 e. The van der Waals surface area contributed by atoms with Crippen molar-refractivity contribution in [2.24, 2.45) is 0 Å². The molecule has 0 amide bonds. The van der Waals surface area contributed by atoms with Gasteiger partial charge >= 0.3 is 0 Å². The molecule has 11 heteroatoms. The molecule has 1 N–H and O–H groups in total. The molecular formula is C24H22N6O3S2. The van der Waals surface area contributed by atoms with Gasteiger partial charge in [-0.3, -0.25) is 10.1 Å². The van der Waals surface area contributed by atoms with Gasteiger partial charge in [0.1, 0.15) is 0 Å². The lowest BCUT2D eigenvalue weighted by Gasteiger charge is -2.28. The molecule has 0 saturated carbocycles. The van der Waals surface area contributed by atoms with E-state index in [2.05, 4.69) is 20.1 Å². The van der Waals surface area contributed by atoms with Gasteiger partial charge in [0, 0.05) is 41.4 Å². The van der Waals surface area contributed by atoms with Crippen molar-refractivity contribution in [2.75, 3.05) is 37.5 Å². The van der Waals surface area contributed by atoms with E-state index >= 15 is 0 Å². The number of benzene rings is 1. The zero-order valence-electron chi connectivity index (χ0n) is 19.1. The highest BCUT2D eigenvalue weighted by Crippen LogP contribution is 2.43. The van der Waals surface area contributed by atoms with Crippen LogP contribution in [0.4, 0.5) is 5.82 Å². The van der Waals surface area contributed by atoms with Gasteiger partial charge in [-0.25, -0.2) is 18.4 Å². The van der Waals surface area contributed by atoms with Crippen molar-refractivity contribution < 1.29 is 13.2 Å². The van der Waals surface area contributed by atoms with Crippen LogP contribution in [0.1, 0.15) is 5.56 Å². The highest BCUT2D eigenvalue weighted by Gasteiger charge is 2.24. The van der Waals surface area contributed by atoms with Gasteiger partial charge in [0.15, 0.2) is 21.5 Å². The summed E-state index contributed by atoms with van der Waals surface area (Å²) in [5.41, 5.74) is 4.31. The number of nitrogens with zero attached hydrogens (tertiary/aromatic N) is 5. The van der Waals surface area contributed by atoms with Crippen LogP contribution in [0.25, 0.3) is 42.9 Å². The summed E-state index contributed by atoms with van der Waals surface area (Å²) < 4.78 is 30.9. The minimum atomic E-state index is -3.32. The SMILES string of the molecule is Cc1c(-c2cccc(S(C)(=O)=O)c2)sc2c(N3CCOCC3)nc(-c3cncc4[nH]ncc34)nc12. The molecule has 0 unspecified atom stereocenters. The van der Waals surface area contributed by atoms with E-state index < -0.39 is 9.84 Å². The van der Waals surface area contributed by atoms with Gasteiger partial charge in [0.2, 0.25) is 0 Å². The first-order valence-corrected chi connectivity index (χ1v) is 13.8. The summed E-state index contributed by atoms with van der Waals surface area (Å²) in [5, 5.41) is 8.02. The third-order valence-electron chi connectivity index (χ3n) is 6.19. The number of fused-ring (bicyclic) bond motifs is 2. The second kappa shape index (κ2) is 8.36. The van der Waals surface area contributed by atoms with Crippen LogP contribution >= 0.6 is 11.3 Å². The summed E-state index contributed by atoms with van der Waals surface area (Å²) in [5.74, 6) is 1.43. The first-order chi connectivity index (χ1) is 16.9. The van der Waals surface area contributed by atoms with Gasteiger partial charge in [-0.2, -0.15) is 5.10 Å². The third-order valence-corrected chi connectivity index (χ3v) is 8.63. The summed E-state index contributed by atoms with van der Waals surface area (Å²) in [6.07, 6.45) is 6.48. The zero-order chi connectivity index (χ0) is 24.2. The van der Waals surface area contributed by atoms with Crippen molar-refractivity contribution in [1.82, 2.24) is 25.1 Å². The summed E-state index contributed by atoms with van der Waals surface area (Å²) in [6, 6.07) is 7.06. The Morgan fingerprint density at radius 1 is 1.11 bits per heavy atom. The van der Waals surface area contributed by atoms with Gasteiger partial charge in [-0.05, 0) is 30.2 Å². The van der Waals surface area contributed by atoms with Crippen molar-refractivity contribution in [3.8, 4) is 21.8 Å². The molecule has 4 aromatic heterocycles. The second-order valence-electron chi connectivity index (χ2n) is 8.52. The number of morpholine rings is 1. The molecule has 35 heavy (non-hydrogen) atoms. The Morgan fingerprint density at radius 2 is 1.94 bits per heavy atom. The topological polar surface area (TPSA) is 114 Å². The van der Waals surface area contributed by atoms with Gasteiger partial charge in [0.25, 0.3) is 0 Å². The van der Waals surface area contributed by atoms with Crippen LogP contribution in [-0.4, -0.2) is 66.1 Å². The van der Waals surface area contributed by atoms with Crippen LogP contribution in [0.5, 0.6) is 0 Å².